The van der Waals surface area contributed by atoms with Gasteiger partial charge in [-0.05, 0) is 77.3 Å². The maximum atomic E-state index is 9.49. The van der Waals surface area contributed by atoms with Gasteiger partial charge >= 0.3 is 0 Å². The van der Waals surface area contributed by atoms with Crippen molar-refractivity contribution in [2.24, 2.45) is 0 Å². The minimum atomic E-state index is -0.961. The van der Waals surface area contributed by atoms with Crippen LogP contribution in [0.15, 0.2) is 87.5 Å². The minimum absolute atomic E-state index is 0.0791. The third-order valence-electron chi connectivity index (χ3n) is 5.80. The van der Waals surface area contributed by atoms with E-state index < -0.39 is 5.97 Å². The molecule has 0 aromatic heterocycles. The Labute approximate surface area is 209 Å². The quantitative estimate of drug-likeness (QED) is 0.313. The van der Waals surface area contributed by atoms with Crippen LogP contribution < -0.4 is 5.11 Å². The Morgan fingerprint density at radius 2 is 0.882 bits per heavy atom. The fourth-order valence-electron chi connectivity index (χ4n) is 3.58. The smallest absolute Gasteiger partial charge is 0.166 e. The zero-order valence-electron chi connectivity index (χ0n) is 21.8. The summed E-state index contributed by atoms with van der Waals surface area (Å²) in [6.07, 6.45) is 0.850. The monoisotopic (exact) mass is 476 g/mol. The molecule has 3 heteroatoms. The van der Waals surface area contributed by atoms with E-state index in [1.54, 1.807) is 6.92 Å². The summed E-state index contributed by atoms with van der Waals surface area (Å²) in [5.74, 6) is 0.724. The third kappa shape index (κ3) is 8.06. The molecule has 34 heavy (non-hydrogen) atoms. The topological polar surface area (TPSA) is 40.1 Å². The van der Waals surface area contributed by atoms with Gasteiger partial charge in [0.2, 0.25) is 0 Å². The van der Waals surface area contributed by atoms with Crippen molar-refractivity contribution >= 4 is 16.9 Å². The summed E-state index contributed by atoms with van der Waals surface area (Å²) in [7, 11) is -0.0791. The van der Waals surface area contributed by atoms with E-state index >= 15 is 0 Å². The fourth-order valence-corrected chi connectivity index (χ4v) is 5.62. The van der Waals surface area contributed by atoms with Gasteiger partial charge in [-0.15, -0.1) is 0 Å². The van der Waals surface area contributed by atoms with Gasteiger partial charge in [0.05, 0.1) is 10.9 Å². The molecule has 0 radical (unpaired) electrons. The van der Waals surface area contributed by atoms with Crippen molar-refractivity contribution in [2.45, 2.75) is 93.7 Å². The molecule has 182 valence electrons. The van der Waals surface area contributed by atoms with Crippen molar-refractivity contribution in [2.75, 3.05) is 0 Å². The van der Waals surface area contributed by atoms with Gasteiger partial charge in [-0.25, -0.2) is 0 Å². The highest BCUT2D eigenvalue weighted by Gasteiger charge is 2.29. The van der Waals surface area contributed by atoms with Crippen molar-refractivity contribution in [1.29, 1.82) is 0 Å². The second-order valence-corrected chi connectivity index (χ2v) is 11.6. The number of benzene rings is 3. The van der Waals surface area contributed by atoms with Crippen molar-refractivity contribution in [1.82, 2.24) is 0 Å². The van der Waals surface area contributed by atoms with E-state index in [0.717, 1.165) is 0 Å². The number of carbonyl (C=O) groups excluding carboxylic acids is 1. The van der Waals surface area contributed by atoms with E-state index in [2.05, 4.69) is 114 Å². The van der Waals surface area contributed by atoms with E-state index in [-0.39, 0.29) is 17.3 Å². The second kappa shape index (κ2) is 13.4. The minimum Gasteiger partial charge on any atom is -0.550 e. The van der Waals surface area contributed by atoms with E-state index in [1.807, 2.05) is 0 Å². The summed E-state index contributed by atoms with van der Waals surface area (Å²) in [4.78, 5) is 13.7. The fraction of sp³-hybridized carbons (Fsp3) is 0.387. The van der Waals surface area contributed by atoms with Gasteiger partial charge in [0.15, 0.2) is 14.7 Å². The summed E-state index contributed by atoms with van der Waals surface area (Å²) in [5.41, 5.74) is 4.20. The van der Waals surface area contributed by atoms with Crippen molar-refractivity contribution in [3.8, 4) is 0 Å². The lowest BCUT2D eigenvalue weighted by Gasteiger charge is -2.12. The number of carboxylic acids is 1. The second-order valence-electron chi connectivity index (χ2n) is 9.60. The van der Waals surface area contributed by atoms with Gasteiger partial charge < -0.3 is 9.90 Å². The average Bonchev–Trinajstić information content (AvgIpc) is 2.80. The molecular formula is C31H40O2S. The predicted octanol–water partition coefficient (Wildman–Crippen LogP) is 7.69. The van der Waals surface area contributed by atoms with Crippen LogP contribution in [0.25, 0.3) is 0 Å². The summed E-state index contributed by atoms with van der Waals surface area (Å²) < 4.78 is 0. The zero-order valence-corrected chi connectivity index (χ0v) is 22.6. The van der Waals surface area contributed by atoms with Gasteiger partial charge in [-0.3, -0.25) is 0 Å². The van der Waals surface area contributed by atoms with Crippen LogP contribution in [0, 0.1) is 0 Å². The molecule has 0 N–H and O–H groups in total. The van der Waals surface area contributed by atoms with Crippen LogP contribution in [0.2, 0.25) is 0 Å². The molecule has 0 aliphatic carbocycles. The van der Waals surface area contributed by atoms with Gasteiger partial charge in [-0.1, -0.05) is 91.3 Å². The van der Waals surface area contributed by atoms with Crippen LogP contribution in [0.5, 0.6) is 0 Å². The van der Waals surface area contributed by atoms with Crippen LogP contribution in [0.3, 0.4) is 0 Å². The van der Waals surface area contributed by atoms with Crippen molar-refractivity contribution in [3.05, 3.63) is 89.5 Å². The molecule has 0 saturated heterocycles. The average molecular weight is 477 g/mol. The third-order valence-corrected chi connectivity index (χ3v) is 8.03. The molecule has 0 bridgehead atoms. The highest BCUT2D eigenvalue weighted by molar-refractivity contribution is 7.97. The molecule has 0 saturated carbocycles. The summed E-state index contributed by atoms with van der Waals surface area (Å²) in [5, 5.41) is 9.49. The Kier molecular flexibility index (Phi) is 10.9. The zero-order chi connectivity index (χ0) is 25.3. The number of hydrogen-bond donors (Lipinski definition) is 0. The van der Waals surface area contributed by atoms with Crippen LogP contribution in [-0.2, 0) is 15.7 Å². The summed E-state index contributed by atoms with van der Waals surface area (Å²) in [6.45, 7) is 15.3. The predicted molar refractivity (Wildman–Crippen MR) is 144 cm³/mol. The SMILES string of the molecule is CC(C)c1ccc([S+](c2ccc(C(C)C)cc2)c2ccc(C(C)C)cc2)cc1.CCCC(=O)[O-]. The van der Waals surface area contributed by atoms with E-state index in [4.69, 9.17) is 0 Å². The number of carboxylic acid groups (broad SMARTS) is 1. The van der Waals surface area contributed by atoms with Crippen LogP contribution in [0.4, 0.5) is 0 Å². The lowest BCUT2D eigenvalue weighted by Crippen LogP contribution is -2.20. The molecular weight excluding hydrogens is 436 g/mol. The van der Waals surface area contributed by atoms with Crippen LogP contribution in [-0.4, -0.2) is 5.97 Å². The Hall–Kier alpha value is -2.52. The number of carbonyl (C=O) groups is 1. The molecule has 0 spiro atoms. The Balaban J connectivity index is 0.000000604. The molecule has 3 aromatic carbocycles. The van der Waals surface area contributed by atoms with Crippen LogP contribution >= 0.6 is 0 Å². The lowest BCUT2D eigenvalue weighted by molar-refractivity contribution is -0.305. The van der Waals surface area contributed by atoms with E-state index in [9.17, 15) is 9.90 Å². The molecule has 0 fully saturated rings. The number of rotatable bonds is 8. The van der Waals surface area contributed by atoms with Crippen LogP contribution in [0.1, 0.15) is 95.8 Å². The standard InChI is InChI=1S/C27H33S.C4H8O2/c1-19(2)22-7-13-25(14-8-22)28(26-15-9-23(10-16-26)20(3)4)27-17-11-24(12-18-27)21(5)6;1-2-3-4(5)6/h7-21H,1-6H3;2-3H2,1H3,(H,5,6)/q+1;/p-1. The Morgan fingerprint density at radius 1 is 0.618 bits per heavy atom. The molecule has 2 nitrogen and oxygen atoms in total. The summed E-state index contributed by atoms with van der Waals surface area (Å²) in [6, 6.07) is 27.7. The van der Waals surface area contributed by atoms with Gasteiger partial charge in [-0.2, -0.15) is 0 Å². The van der Waals surface area contributed by atoms with Gasteiger partial charge in [0, 0.05) is 5.97 Å². The Bertz CT molecular complexity index is 878. The first-order valence-corrected chi connectivity index (χ1v) is 13.6. The molecule has 0 aliphatic rings. The number of hydrogen-bond acceptors (Lipinski definition) is 2. The highest BCUT2D eigenvalue weighted by atomic mass is 32.2. The highest BCUT2D eigenvalue weighted by Crippen LogP contribution is 2.33. The molecule has 0 atom stereocenters. The first-order valence-electron chi connectivity index (χ1n) is 12.4. The molecule has 0 heterocycles. The lowest BCUT2D eigenvalue weighted by atomic mass is 10.0. The van der Waals surface area contributed by atoms with Gasteiger partial charge in [0.25, 0.3) is 0 Å². The molecule has 0 unspecified atom stereocenters. The van der Waals surface area contributed by atoms with Gasteiger partial charge in [0.1, 0.15) is 0 Å². The normalized spacial score (nSPS) is 11.1. The molecule has 0 aliphatic heterocycles. The Morgan fingerprint density at radius 3 is 1.03 bits per heavy atom. The van der Waals surface area contributed by atoms with E-state index in [0.29, 0.717) is 24.2 Å². The van der Waals surface area contributed by atoms with E-state index in [1.165, 1.54) is 31.4 Å². The largest absolute Gasteiger partial charge is 0.550 e. The molecule has 3 rings (SSSR count). The van der Waals surface area contributed by atoms with Crippen molar-refractivity contribution in [3.63, 3.8) is 0 Å². The summed E-state index contributed by atoms with van der Waals surface area (Å²) >= 11 is 0. The first-order chi connectivity index (χ1) is 16.1. The maximum Gasteiger partial charge on any atom is 0.166 e. The first kappa shape index (κ1) is 27.7. The maximum absolute atomic E-state index is 9.49. The van der Waals surface area contributed by atoms with Crippen molar-refractivity contribution < 1.29 is 9.90 Å². The molecule has 3 aromatic rings. The molecule has 0 amide bonds. The number of aliphatic carboxylic acids is 1.